The Labute approximate surface area is 167 Å². The molecule has 0 radical (unpaired) electrons. The number of halogens is 2. The first kappa shape index (κ1) is 19.0. The molecule has 0 spiro atoms. The van der Waals surface area contributed by atoms with Gasteiger partial charge in [0.05, 0.1) is 13.3 Å². The van der Waals surface area contributed by atoms with Crippen molar-refractivity contribution in [2.45, 2.75) is 12.8 Å². The van der Waals surface area contributed by atoms with Crippen molar-refractivity contribution >= 4 is 17.2 Å². The molecule has 0 amide bonds. The zero-order valence-electron chi connectivity index (χ0n) is 16.0. The van der Waals surface area contributed by atoms with Gasteiger partial charge >= 0.3 is 0 Å². The van der Waals surface area contributed by atoms with Gasteiger partial charge in [0.25, 0.3) is 0 Å². The van der Waals surface area contributed by atoms with Crippen LogP contribution in [0.15, 0.2) is 54.7 Å². The van der Waals surface area contributed by atoms with Gasteiger partial charge in [0.2, 0.25) is 0 Å². The molecule has 1 aromatic heterocycles. The highest BCUT2D eigenvalue weighted by Crippen LogP contribution is 2.30. The Kier molecular flexibility index (Phi) is 5.46. The van der Waals surface area contributed by atoms with Crippen LogP contribution in [-0.2, 0) is 0 Å². The molecule has 2 aromatic carbocycles. The van der Waals surface area contributed by atoms with Crippen LogP contribution in [0.2, 0.25) is 0 Å². The summed E-state index contributed by atoms with van der Waals surface area (Å²) >= 11 is 0. The number of methoxy groups -OCH3 is 1. The van der Waals surface area contributed by atoms with Crippen molar-refractivity contribution in [3.05, 3.63) is 66.4 Å². The van der Waals surface area contributed by atoms with Crippen molar-refractivity contribution in [2.75, 3.05) is 30.4 Å². The summed E-state index contributed by atoms with van der Waals surface area (Å²) in [5, 5.41) is 2.82. The van der Waals surface area contributed by atoms with E-state index in [0.717, 1.165) is 18.8 Å². The zero-order chi connectivity index (χ0) is 20.2. The van der Waals surface area contributed by atoms with Gasteiger partial charge in [0, 0.05) is 42.7 Å². The average Bonchev–Trinajstić information content (AvgIpc) is 3.26. The van der Waals surface area contributed by atoms with E-state index in [9.17, 15) is 8.78 Å². The minimum atomic E-state index is -0.582. The van der Waals surface area contributed by atoms with Crippen molar-refractivity contribution in [1.29, 1.82) is 0 Å². The summed E-state index contributed by atoms with van der Waals surface area (Å²) in [5.41, 5.74) is 1.55. The third-order valence-electron chi connectivity index (χ3n) is 4.75. The van der Waals surface area contributed by atoms with E-state index in [1.54, 1.807) is 0 Å². The first-order valence-corrected chi connectivity index (χ1v) is 9.41. The number of nitrogens with zero attached hydrogens (tertiary/aromatic N) is 2. The predicted octanol–water partition coefficient (Wildman–Crippen LogP) is 5.50. The first-order chi connectivity index (χ1) is 14.1. The van der Waals surface area contributed by atoms with Crippen LogP contribution in [0.1, 0.15) is 12.8 Å². The molecule has 1 saturated heterocycles. The third kappa shape index (κ3) is 4.39. The van der Waals surface area contributed by atoms with E-state index in [0.29, 0.717) is 17.2 Å². The van der Waals surface area contributed by atoms with Crippen molar-refractivity contribution in [3.8, 4) is 17.2 Å². The monoisotopic (exact) mass is 397 g/mol. The highest BCUT2D eigenvalue weighted by molar-refractivity contribution is 5.59. The second-order valence-corrected chi connectivity index (χ2v) is 6.77. The van der Waals surface area contributed by atoms with E-state index in [2.05, 4.69) is 15.2 Å². The smallest absolute Gasteiger partial charge is 0.169 e. The average molecular weight is 397 g/mol. The Morgan fingerprint density at radius 2 is 1.79 bits per heavy atom. The van der Waals surface area contributed by atoms with E-state index in [4.69, 9.17) is 9.47 Å². The van der Waals surface area contributed by atoms with Crippen molar-refractivity contribution < 1.29 is 18.3 Å². The van der Waals surface area contributed by atoms with E-state index in [1.165, 1.54) is 50.4 Å². The lowest BCUT2D eigenvalue weighted by atomic mass is 10.2. The van der Waals surface area contributed by atoms with E-state index in [1.807, 2.05) is 24.3 Å². The lowest BCUT2D eigenvalue weighted by Crippen LogP contribution is -2.17. The van der Waals surface area contributed by atoms with Crippen LogP contribution in [0.3, 0.4) is 0 Å². The fourth-order valence-corrected chi connectivity index (χ4v) is 3.30. The van der Waals surface area contributed by atoms with Gasteiger partial charge in [-0.15, -0.1) is 0 Å². The highest BCUT2D eigenvalue weighted by Gasteiger charge is 2.13. The molecule has 7 heteroatoms. The van der Waals surface area contributed by atoms with Gasteiger partial charge in [-0.05, 0) is 37.1 Å². The molecule has 150 valence electrons. The SMILES string of the molecule is COc1cc(Nc2ncc(Oc3cccc(N4CCCC4)c3)cc2F)ccc1F. The second kappa shape index (κ2) is 8.34. The van der Waals surface area contributed by atoms with Gasteiger partial charge in [-0.2, -0.15) is 0 Å². The molecular weight excluding hydrogens is 376 g/mol. The summed E-state index contributed by atoms with van der Waals surface area (Å²) in [4.78, 5) is 6.39. The number of nitrogens with one attached hydrogen (secondary N) is 1. The number of rotatable bonds is 6. The molecule has 1 aliphatic rings. The molecule has 0 bridgehead atoms. The number of aromatic nitrogens is 1. The lowest BCUT2D eigenvalue weighted by molar-refractivity contribution is 0.387. The van der Waals surface area contributed by atoms with Crippen molar-refractivity contribution in [1.82, 2.24) is 4.98 Å². The minimum Gasteiger partial charge on any atom is -0.494 e. The molecule has 1 N–H and O–H groups in total. The Morgan fingerprint density at radius 1 is 0.966 bits per heavy atom. The lowest BCUT2D eigenvalue weighted by Gasteiger charge is -2.18. The van der Waals surface area contributed by atoms with E-state index >= 15 is 0 Å². The molecule has 1 fully saturated rings. The Bertz CT molecular complexity index is 1010. The van der Waals surface area contributed by atoms with Crippen LogP contribution in [0, 0.1) is 11.6 Å². The van der Waals surface area contributed by atoms with Gasteiger partial charge < -0.3 is 19.7 Å². The maximum Gasteiger partial charge on any atom is 0.169 e. The number of hydrogen-bond donors (Lipinski definition) is 1. The molecule has 0 saturated carbocycles. The van der Waals surface area contributed by atoms with Gasteiger partial charge in [-0.25, -0.2) is 13.8 Å². The molecule has 3 aromatic rings. The van der Waals surface area contributed by atoms with Gasteiger partial charge in [-0.1, -0.05) is 6.07 Å². The van der Waals surface area contributed by atoms with E-state index in [-0.39, 0.29) is 11.6 Å². The summed E-state index contributed by atoms with van der Waals surface area (Å²) in [6.45, 7) is 2.07. The Morgan fingerprint density at radius 3 is 2.55 bits per heavy atom. The normalized spacial score (nSPS) is 13.4. The summed E-state index contributed by atoms with van der Waals surface area (Å²) in [6.07, 6.45) is 3.82. The van der Waals surface area contributed by atoms with Crippen LogP contribution >= 0.6 is 0 Å². The number of ether oxygens (including phenoxy) is 2. The maximum absolute atomic E-state index is 14.5. The van der Waals surface area contributed by atoms with Crippen LogP contribution in [0.4, 0.5) is 26.0 Å². The first-order valence-electron chi connectivity index (χ1n) is 9.41. The molecule has 5 nitrogen and oxygen atoms in total. The van der Waals surface area contributed by atoms with Crippen LogP contribution in [0.5, 0.6) is 17.2 Å². The molecule has 0 unspecified atom stereocenters. The Hall–Kier alpha value is -3.35. The molecule has 1 aliphatic heterocycles. The van der Waals surface area contributed by atoms with Crippen LogP contribution in [-0.4, -0.2) is 25.2 Å². The second-order valence-electron chi connectivity index (χ2n) is 6.77. The third-order valence-corrected chi connectivity index (χ3v) is 4.75. The van der Waals surface area contributed by atoms with E-state index < -0.39 is 11.6 Å². The molecule has 2 heterocycles. The summed E-state index contributed by atoms with van der Waals surface area (Å²) in [5.74, 6) is -0.0826. The van der Waals surface area contributed by atoms with Gasteiger partial charge in [-0.3, -0.25) is 0 Å². The number of anilines is 3. The molecule has 0 aliphatic carbocycles. The zero-order valence-corrected chi connectivity index (χ0v) is 16.0. The minimum absolute atomic E-state index is 0.0110. The Balaban J connectivity index is 1.48. The number of benzene rings is 2. The van der Waals surface area contributed by atoms with Crippen LogP contribution < -0.4 is 19.7 Å². The van der Waals surface area contributed by atoms with Crippen molar-refractivity contribution in [3.63, 3.8) is 0 Å². The largest absolute Gasteiger partial charge is 0.494 e. The highest BCUT2D eigenvalue weighted by atomic mass is 19.1. The quantitative estimate of drug-likeness (QED) is 0.595. The van der Waals surface area contributed by atoms with Gasteiger partial charge in [0.1, 0.15) is 11.5 Å². The number of pyridine rings is 1. The summed E-state index contributed by atoms with van der Waals surface area (Å²) < 4.78 is 38.7. The van der Waals surface area contributed by atoms with Crippen molar-refractivity contribution in [2.24, 2.45) is 0 Å². The molecule has 4 rings (SSSR count). The standard InChI is InChI=1S/C22H21F2N3O2/c1-28-21-11-15(7-8-19(21)23)26-22-20(24)13-18(14-25-22)29-17-6-4-5-16(12-17)27-9-2-3-10-27/h4-8,11-14H,2-3,9-10H2,1H3,(H,25,26). The summed E-state index contributed by atoms with van der Waals surface area (Å²) in [7, 11) is 1.37. The molecular formula is C22H21F2N3O2. The fraction of sp³-hybridized carbons (Fsp3) is 0.227. The van der Waals surface area contributed by atoms with Crippen LogP contribution in [0.25, 0.3) is 0 Å². The molecule has 29 heavy (non-hydrogen) atoms. The maximum atomic E-state index is 14.5. The predicted molar refractivity (Wildman–Crippen MR) is 108 cm³/mol. The fourth-order valence-electron chi connectivity index (χ4n) is 3.30. The topological polar surface area (TPSA) is 46.6 Å². The molecule has 0 atom stereocenters. The van der Waals surface area contributed by atoms with Gasteiger partial charge in [0.15, 0.2) is 23.2 Å². The number of hydrogen-bond acceptors (Lipinski definition) is 5. The summed E-state index contributed by atoms with van der Waals surface area (Å²) in [6, 6.07) is 13.2.